The first-order valence-electron chi connectivity index (χ1n) is 8.79. The van der Waals surface area contributed by atoms with Crippen LogP contribution in [0.15, 0.2) is 22.1 Å². The molecule has 0 atom stereocenters. The third kappa shape index (κ3) is 2.84. The molecular weight excluding hydrogens is 332 g/mol. The summed E-state index contributed by atoms with van der Waals surface area (Å²) >= 11 is 1.51. The first kappa shape index (κ1) is 17.6. The summed E-state index contributed by atoms with van der Waals surface area (Å²) in [4.78, 5) is 22.0. The van der Waals surface area contributed by atoms with Gasteiger partial charge in [-0.15, -0.1) is 11.3 Å². The second-order valence-electron chi connectivity index (χ2n) is 6.10. The molecule has 1 aromatic carbocycles. The van der Waals surface area contributed by atoms with Gasteiger partial charge in [-0.05, 0) is 45.0 Å². The number of hydrogen-bond donors (Lipinski definition) is 2. The van der Waals surface area contributed by atoms with Crippen LogP contribution in [-0.2, 0) is 0 Å². The molecule has 2 aromatic rings. The quantitative estimate of drug-likeness (QED) is 0.739. The number of nitrogens with zero attached hydrogens (tertiary/aromatic N) is 2. The van der Waals surface area contributed by atoms with Gasteiger partial charge in [0, 0.05) is 22.8 Å². The predicted octanol–water partition coefficient (Wildman–Crippen LogP) is 5.06. The topological polar surface area (TPSA) is 65.8 Å². The Bertz CT molecular complexity index is 849. The standard InChI is InChI=1S/C17H18N4OS.C2H6/c1-3-19-13-10(18-2)5-6-11-12(13)14-15(23-11)16(22)21-17(9-20-14)7-4-8-17;1-2/h3,5-6,20H,2,4,7-9H2,1H3,(H,21,22);1-2H3. The van der Waals surface area contributed by atoms with Gasteiger partial charge in [0.2, 0.25) is 0 Å². The van der Waals surface area contributed by atoms with Crippen molar-refractivity contribution in [3.63, 3.8) is 0 Å². The molecule has 1 amide bonds. The van der Waals surface area contributed by atoms with Crippen LogP contribution >= 0.6 is 11.3 Å². The summed E-state index contributed by atoms with van der Waals surface area (Å²) in [5.74, 6) is 0.0189. The molecule has 4 rings (SSSR count). The van der Waals surface area contributed by atoms with E-state index in [9.17, 15) is 4.79 Å². The predicted molar refractivity (Wildman–Crippen MR) is 109 cm³/mol. The fourth-order valence-corrected chi connectivity index (χ4v) is 4.46. The molecule has 1 aliphatic heterocycles. The van der Waals surface area contributed by atoms with E-state index in [1.54, 1.807) is 6.21 Å². The van der Waals surface area contributed by atoms with Crippen LogP contribution < -0.4 is 10.6 Å². The molecule has 0 unspecified atom stereocenters. The number of nitrogens with one attached hydrogen (secondary N) is 2. The fraction of sp³-hybridized carbons (Fsp3) is 0.421. The molecule has 2 heterocycles. The molecule has 0 saturated heterocycles. The van der Waals surface area contributed by atoms with E-state index in [0.29, 0.717) is 0 Å². The number of rotatable bonds is 2. The molecule has 1 spiro atoms. The Morgan fingerprint density at radius 2 is 2.08 bits per heavy atom. The lowest BCUT2D eigenvalue weighted by molar-refractivity contribution is 0.0855. The lowest BCUT2D eigenvalue weighted by atomic mass is 9.77. The zero-order valence-corrected chi connectivity index (χ0v) is 15.8. The van der Waals surface area contributed by atoms with Gasteiger partial charge in [0.15, 0.2) is 0 Å². The van der Waals surface area contributed by atoms with Crippen molar-refractivity contribution in [2.45, 2.75) is 45.6 Å². The van der Waals surface area contributed by atoms with E-state index in [1.165, 1.54) is 17.8 Å². The van der Waals surface area contributed by atoms with Crippen molar-refractivity contribution in [2.75, 3.05) is 11.9 Å². The van der Waals surface area contributed by atoms with E-state index in [-0.39, 0.29) is 11.4 Å². The fourth-order valence-electron chi connectivity index (χ4n) is 3.38. The number of anilines is 1. The first-order chi connectivity index (χ1) is 12.2. The monoisotopic (exact) mass is 356 g/mol. The molecule has 1 aromatic heterocycles. The molecule has 25 heavy (non-hydrogen) atoms. The number of hydrogen-bond acceptors (Lipinski definition) is 5. The van der Waals surface area contributed by atoms with Gasteiger partial charge < -0.3 is 10.6 Å². The maximum Gasteiger partial charge on any atom is 0.264 e. The molecule has 5 nitrogen and oxygen atoms in total. The molecule has 132 valence electrons. The Morgan fingerprint density at radius 1 is 1.32 bits per heavy atom. The Hall–Kier alpha value is -2.21. The summed E-state index contributed by atoms with van der Waals surface area (Å²) in [6, 6.07) is 3.89. The van der Waals surface area contributed by atoms with Crippen LogP contribution in [0, 0.1) is 0 Å². The number of carbonyl (C=O) groups excluding carboxylic acids is 1. The van der Waals surface area contributed by atoms with E-state index in [0.717, 1.165) is 51.4 Å². The SMILES string of the molecule is C=Nc1ccc2sc3c(c2c1N=CC)NCC1(CCC1)NC3=O.CC. The molecule has 0 radical (unpaired) electrons. The van der Waals surface area contributed by atoms with Crippen LogP contribution in [0.2, 0.25) is 0 Å². The number of aliphatic imine (C=N–C) groups is 2. The average Bonchev–Trinajstić information content (AvgIpc) is 2.91. The van der Waals surface area contributed by atoms with Gasteiger partial charge in [-0.25, -0.2) is 0 Å². The van der Waals surface area contributed by atoms with Gasteiger partial charge in [-0.1, -0.05) is 13.8 Å². The van der Waals surface area contributed by atoms with E-state index >= 15 is 0 Å². The second kappa shape index (κ2) is 6.96. The summed E-state index contributed by atoms with van der Waals surface area (Å²) in [6.07, 6.45) is 5.00. The lowest BCUT2D eigenvalue weighted by Crippen LogP contribution is -2.56. The normalized spacial score (nSPS) is 17.8. The van der Waals surface area contributed by atoms with Crippen LogP contribution in [0.3, 0.4) is 0 Å². The van der Waals surface area contributed by atoms with Crippen LogP contribution in [0.5, 0.6) is 0 Å². The minimum Gasteiger partial charge on any atom is -0.381 e. The maximum absolute atomic E-state index is 12.7. The molecule has 6 heteroatoms. The van der Waals surface area contributed by atoms with Crippen molar-refractivity contribution < 1.29 is 4.79 Å². The minimum atomic E-state index is -0.0787. The number of fused-ring (bicyclic) bond motifs is 3. The van der Waals surface area contributed by atoms with Crippen LogP contribution in [-0.4, -0.2) is 30.9 Å². The van der Waals surface area contributed by atoms with Crippen LogP contribution in [0.1, 0.15) is 49.7 Å². The molecule has 1 aliphatic carbocycles. The number of amides is 1. The van der Waals surface area contributed by atoms with Crippen LogP contribution in [0.25, 0.3) is 10.1 Å². The highest BCUT2D eigenvalue weighted by Gasteiger charge is 2.41. The molecular formula is C19H24N4OS. The molecule has 1 fully saturated rings. The van der Waals surface area contributed by atoms with Crippen molar-refractivity contribution in [3.8, 4) is 0 Å². The van der Waals surface area contributed by atoms with Crippen molar-refractivity contribution in [2.24, 2.45) is 9.98 Å². The molecule has 1 saturated carbocycles. The Balaban J connectivity index is 0.000000880. The molecule has 0 bridgehead atoms. The number of thiophene rings is 1. The number of carbonyl (C=O) groups is 1. The number of benzene rings is 1. The highest BCUT2D eigenvalue weighted by atomic mass is 32.1. The largest absolute Gasteiger partial charge is 0.381 e. The summed E-state index contributed by atoms with van der Waals surface area (Å²) in [7, 11) is 0. The van der Waals surface area contributed by atoms with Gasteiger partial charge >= 0.3 is 0 Å². The third-order valence-corrected chi connectivity index (χ3v) is 5.89. The van der Waals surface area contributed by atoms with E-state index in [4.69, 9.17) is 0 Å². The van der Waals surface area contributed by atoms with Crippen molar-refractivity contribution in [1.29, 1.82) is 0 Å². The summed E-state index contributed by atoms with van der Waals surface area (Å²) < 4.78 is 1.04. The van der Waals surface area contributed by atoms with E-state index < -0.39 is 0 Å². The lowest BCUT2D eigenvalue weighted by Gasteiger charge is -2.41. The van der Waals surface area contributed by atoms with Gasteiger partial charge in [0.1, 0.15) is 4.88 Å². The third-order valence-electron chi connectivity index (χ3n) is 4.74. The van der Waals surface area contributed by atoms with Crippen molar-refractivity contribution in [1.82, 2.24) is 5.32 Å². The van der Waals surface area contributed by atoms with Gasteiger partial charge in [0.25, 0.3) is 5.91 Å². The zero-order valence-electron chi connectivity index (χ0n) is 15.0. The Morgan fingerprint density at radius 3 is 2.68 bits per heavy atom. The Labute approximate surface area is 152 Å². The second-order valence-corrected chi connectivity index (χ2v) is 7.15. The highest BCUT2D eigenvalue weighted by molar-refractivity contribution is 7.21. The minimum absolute atomic E-state index is 0.0189. The summed E-state index contributed by atoms with van der Waals surface area (Å²) in [5.41, 5.74) is 2.32. The first-order valence-corrected chi connectivity index (χ1v) is 9.60. The van der Waals surface area contributed by atoms with Crippen LogP contribution in [0.4, 0.5) is 17.1 Å². The molecule has 2 N–H and O–H groups in total. The van der Waals surface area contributed by atoms with Crippen molar-refractivity contribution >= 4 is 57.3 Å². The smallest absolute Gasteiger partial charge is 0.264 e. The highest BCUT2D eigenvalue weighted by Crippen LogP contribution is 2.47. The van der Waals surface area contributed by atoms with E-state index in [2.05, 4.69) is 27.3 Å². The zero-order chi connectivity index (χ0) is 18.0. The van der Waals surface area contributed by atoms with Gasteiger partial charge in [-0.2, -0.15) is 0 Å². The Kier molecular flexibility index (Phi) is 4.90. The summed E-state index contributed by atoms with van der Waals surface area (Å²) in [5, 5.41) is 7.71. The summed E-state index contributed by atoms with van der Waals surface area (Å²) in [6.45, 7) is 10.3. The van der Waals surface area contributed by atoms with Gasteiger partial charge in [0.05, 0.1) is 22.6 Å². The average molecular weight is 356 g/mol. The van der Waals surface area contributed by atoms with Gasteiger partial charge in [-0.3, -0.25) is 14.8 Å². The maximum atomic E-state index is 12.7. The van der Waals surface area contributed by atoms with Crippen molar-refractivity contribution in [3.05, 3.63) is 17.0 Å². The van der Waals surface area contributed by atoms with E-state index in [1.807, 2.05) is 32.9 Å². The molecule has 2 aliphatic rings.